The fourth-order valence-corrected chi connectivity index (χ4v) is 2.52. The second-order valence-electron chi connectivity index (χ2n) is 7.71. The standard InChI is InChI=1S/C17H26BNO3/c1-11(2)13-9-19-10-14(15(13)20-12-7-8-12)18-21-16(3,4)17(5,6)22-18/h9-12H,7-8H2,1-6H3. The van der Waals surface area contributed by atoms with Crippen molar-refractivity contribution in [3.63, 3.8) is 0 Å². The number of pyridine rings is 1. The van der Waals surface area contributed by atoms with Crippen LogP contribution in [0, 0.1) is 0 Å². The van der Waals surface area contributed by atoms with Gasteiger partial charge in [0.1, 0.15) is 5.75 Å². The van der Waals surface area contributed by atoms with Crippen LogP contribution < -0.4 is 10.2 Å². The molecule has 1 aliphatic carbocycles. The fourth-order valence-electron chi connectivity index (χ4n) is 2.52. The molecule has 0 amide bonds. The molecule has 0 atom stereocenters. The molecule has 0 N–H and O–H groups in total. The molecule has 1 aromatic heterocycles. The van der Waals surface area contributed by atoms with Gasteiger partial charge in [0.2, 0.25) is 0 Å². The molecular formula is C17H26BNO3. The third kappa shape index (κ3) is 2.76. The predicted octanol–water partition coefficient (Wildman–Crippen LogP) is 3.05. The van der Waals surface area contributed by atoms with E-state index in [0.29, 0.717) is 12.0 Å². The van der Waals surface area contributed by atoms with E-state index in [2.05, 4.69) is 46.5 Å². The third-order valence-electron chi connectivity index (χ3n) is 4.89. The van der Waals surface area contributed by atoms with Crippen LogP contribution >= 0.6 is 0 Å². The summed E-state index contributed by atoms with van der Waals surface area (Å²) < 4.78 is 18.6. The van der Waals surface area contributed by atoms with Crippen LogP contribution in [0.4, 0.5) is 0 Å². The number of hydrogen-bond acceptors (Lipinski definition) is 4. The van der Waals surface area contributed by atoms with Gasteiger partial charge in [-0.25, -0.2) is 0 Å². The first-order valence-corrected chi connectivity index (χ1v) is 8.21. The summed E-state index contributed by atoms with van der Waals surface area (Å²) in [7, 11) is -0.426. The summed E-state index contributed by atoms with van der Waals surface area (Å²) >= 11 is 0. The summed E-state index contributed by atoms with van der Waals surface area (Å²) in [5.41, 5.74) is 1.32. The number of ether oxygens (including phenoxy) is 1. The monoisotopic (exact) mass is 303 g/mol. The maximum Gasteiger partial charge on any atom is 0.500 e. The predicted molar refractivity (Wildman–Crippen MR) is 87.7 cm³/mol. The van der Waals surface area contributed by atoms with Crippen molar-refractivity contribution in [2.24, 2.45) is 0 Å². The van der Waals surface area contributed by atoms with Crippen LogP contribution in [0.2, 0.25) is 0 Å². The molecule has 1 saturated carbocycles. The van der Waals surface area contributed by atoms with Gasteiger partial charge in [-0.05, 0) is 46.5 Å². The average molecular weight is 303 g/mol. The van der Waals surface area contributed by atoms with Gasteiger partial charge in [-0.1, -0.05) is 13.8 Å². The molecule has 2 fully saturated rings. The summed E-state index contributed by atoms with van der Waals surface area (Å²) in [4.78, 5) is 4.39. The van der Waals surface area contributed by atoms with Gasteiger partial charge in [-0.2, -0.15) is 0 Å². The molecule has 0 unspecified atom stereocenters. The Morgan fingerprint density at radius 3 is 2.23 bits per heavy atom. The number of nitrogens with zero attached hydrogens (tertiary/aromatic N) is 1. The SMILES string of the molecule is CC(C)c1cncc(B2OC(C)(C)C(C)(C)O2)c1OC1CC1. The van der Waals surface area contributed by atoms with E-state index in [4.69, 9.17) is 14.0 Å². The highest BCUT2D eigenvalue weighted by Gasteiger charge is 2.53. The van der Waals surface area contributed by atoms with E-state index in [1.54, 1.807) is 0 Å². The molecule has 5 heteroatoms. The highest BCUT2D eigenvalue weighted by atomic mass is 16.7. The first kappa shape index (κ1) is 15.8. The lowest BCUT2D eigenvalue weighted by Crippen LogP contribution is -2.41. The van der Waals surface area contributed by atoms with Crippen LogP contribution in [0.1, 0.15) is 65.9 Å². The maximum absolute atomic E-state index is 6.20. The van der Waals surface area contributed by atoms with E-state index in [9.17, 15) is 0 Å². The van der Waals surface area contributed by atoms with Crippen molar-refractivity contribution in [2.45, 2.75) is 77.6 Å². The Hall–Kier alpha value is -1.07. The lowest BCUT2D eigenvalue weighted by molar-refractivity contribution is 0.00578. The van der Waals surface area contributed by atoms with Crippen molar-refractivity contribution in [3.8, 4) is 5.75 Å². The lowest BCUT2D eigenvalue weighted by Gasteiger charge is -2.32. The van der Waals surface area contributed by atoms with Crippen molar-refractivity contribution < 1.29 is 14.0 Å². The van der Waals surface area contributed by atoms with Gasteiger partial charge >= 0.3 is 7.12 Å². The molecular weight excluding hydrogens is 277 g/mol. The van der Waals surface area contributed by atoms with Crippen molar-refractivity contribution >= 4 is 12.6 Å². The zero-order valence-corrected chi connectivity index (χ0v) is 14.5. The highest BCUT2D eigenvalue weighted by molar-refractivity contribution is 6.63. The van der Waals surface area contributed by atoms with Crippen molar-refractivity contribution in [1.29, 1.82) is 0 Å². The minimum Gasteiger partial charge on any atom is -0.490 e. The Labute approximate surface area is 133 Å². The second-order valence-corrected chi connectivity index (χ2v) is 7.71. The van der Waals surface area contributed by atoms with Crippen LogP contribution in [0.25, 0.3) is 0 Å². The molecule has 2 aliphatic rings. The van der Waals surface area contributed by atoms with E-state index in [1.165, 1.54) is 0 Å². The Bertz CT molecular complexity index is 551. The van der Waals surface area contributed by atoms with Gasteiger partial charge in [0.15, 0.2) is 0 Å². The zero-order chi connectivity index (χ0) is 16.1. The van der Waals surface area contributed by atoms with Crippen molar-refractivity contribution in [3.05, 3.63) is 18.0 Å². The molecule has 0 bridgehead atoms. The zero-order valence-electron chi connectivity index (χ0n) is 14.5. The van der Waals surface area contributed by atoms with Gasteiger partial charge in [0, 0.05) is 23.4 Å². The normalized spacial score (nSPS) is 23.1. The highest BCUT2D eigenvalue weighted by Crippen LogP contribution is 2.38. The van der Waals surface area contributed by atoms with Gasteiger partial charge in [-0.3, -0.25) is 4.98 Å². The molecule has 4 nitrogen and oxygen atoms in total. The molecule has 2 heterocycles. The third-order valence-corrected chi connectivity index (χ3v) is 4.89. The molecule has 1 saturated heterocycles. The molecule has 0 spiro atoms. The molecule has 22 heavy (non-hydrogen) atoms. The quantitative estimate of drug-likeness (QED) is 0.802. The van der Waals surface area contributed by atoms with E-state index in [-0.39, 0.29) is 11.2 Å². The number of rotatable bonds is 4. The van der Waals surface area contributed by atoms with Crippen molar-refractivity contribution in [2.75, 3.05) is 0 Å². The molecule has 1 aliphatic heterocycles. The Morgan fingerprint density at radius 1 is 1.14 bits per heavy atom. The summed E-state index contributed by atoms with van der Waals surface area (Å²) in [6.45, 7) is 12.6. The van der Waals surface area contributed by atoms with Crippen LogP contribution in [-0.2, 0) is 9.31 Å². The lowest BCUT2D eigenvalue weighted by atomic mass is 9.78. The van der Waals surface area contributed by atoms with Gasteiger partial charge in [0.25, 0.3) is 0 Å². The molecule has 0 radical (unpaired) electrons. The van der Waals surface area contributed by atoms with Crippen LogP contribution in [0.5, 0.6) is 5.75 Å². The van der Waals surface area contributed by atoms with Gasteiger partial charge in [0.05, 0.1) is 17.3 Å². The van der Waals surface area contributed by atoms with Crippen molar-refractivity contribution in [1.82, 2.24) is 4.98 Å². The molecule has 120 valence electrons. The maximum atomic E-state index is 6.20. The molecule has 3 rings (SSSR count). The fraction of sp³-hybridized carbons (Fsp3) is 0.706. The van der Waals surface area contributed by atoms with E-state index < -0.39 is 7.12 Å². The van der Waals surface area contributed by atoms with Crippen LogP contribution in [0.3, 0.4) is 0 Å². The topological polar surface area (TPSA) is 40.6 Å². The summed E-state index contributed by atoms with van der Waals surface area (Å²) in [5.74, 6) is 1.26. The van der Waals surface area contributed by atoms with Crippen LogP contribution in [0.15, 0.2) is 12.4 Å². The van der Waals surface area contributed by atoms with E-state index in [1.807, 2.05) is 12.4 Å². The minimum absolute atomic E-state index is 0.334. The average Bonchev–Trinajstić information content (AvgIpc) is 3.17. The first-order valence-electron chi connectivity index (χ1n) is 8.21. The van der Waals surface area contributed by atoms with Gasteiger partial charge < -0.3 is 14.0 Å². The van der Waals surface area contributed by atoms with E-state index >= 15 is 0 Å². The molecule has 1 aromatic rings. The van der Waals surface area contributed by atoms with Crippen LogP contribution in [-0.4, -0.2) is 29.4 Å². The van der Waals surface area contributed by atoms with Gasteiger partial charge in [-0.15, -0.1) is 0 Å². The van der Waals surface area contributed by atoms with E-state index in [0.717, 1.165) is 29.6 Å². The second kappa shape index (κ2) is 5.24. The largest absolute Gasteiger partial charge is 0.500 e. The number of hydrogen-bond donors (Lipinski definition) is 0. The Kier molecular flexibility index (Phi) is 3.77. The Morgan fingerprint density at radius 2 is 1.73 bits per heavy atom. The minimum atomic E-state index is -0.426. The Balaban J connectivity index is 1.98. The summed E-state index contributed by atoms with van der Waals surface area (Å²) in [6.07, 6.45) is 6.31. The number of aromatic nitrogens is 1. The smallest absolute Gasteiger partial charge is 0.490 e. The summed E-state index contributed by atoms with van der Waals surface area (Å²) in [6, 6.07) is 0. The molecule has 0 aromatic carbocycles. The summed E-state index contributed by atoms with van der Waals surface area (Å²) in [5, 5.41) is 0. The first-order chi connectivity index (χ1) is 10.2.